The number of ether oxygens (including phenoxy) is 1. The highest BCUT2D eigenvalue weighted by molar-refractivity contribution is 7.89. The molecule has 0 saturated carbocycles. The Kier molecular flexibility index (Phi) is 5.30. The molecule has 0 aromatic heterocycles. The molecule has 0 amide bonds. The van der Waals surface area contributed by atoms with Crippen molar-refractivity contribution in [3.05, 3.63) is 59.2 Å². The molecule has 0 spiro atoms. The number of benzene rings is 2. The zero-order valence-corrected chi connectivity index (χ0v) is 16.3. The normalized spacial score (nSPS) is 21.8. The summed E-state index contributed by atoms with van der Waals surface area (Å²) in [6, 6.07) is 10.9. The van der Waals surface area contributed by atoms with Crippen LogP contribution in [0.5, 0.6) is 0 Å². The van der Waals surface area contributed by atoms with Gasteiger partial charge in [0.25, 0.3) is 0 Å². The Bertz CT molecular complexity index is 1000. The Morgan fingerprint density at radius 2 is 1.97 bits per heavy atom. The largest absolute Gasteiger partial charge is 0.417 e. The molecule has 0 radical (unpaired) electrons. The molecule has 1 fully saturated rings. The number of hydrogen-bond acceptors (Lipinski definition) is 4. The van der Waals surface area contributed by atoms with E-state index in [1.165, 1.54) is 6.07 Å². The lowest BCUT2D eigenvalue weighted by Crippen LogP contribution is -2.33. The Morgan fingerprint density at radius 1 is 1.17 bits per heavy atom. The van der Waals surface area contributed by atoms with Crippen molar-refractivity contribution < 1.29 is 26.3 Å². The predicted molar refractivity (Wildman–Crippen MR) is 102 cm³/mol. The summed E-state index contributed by atoms with van der Waals surface area (Å²) in [6.07, 6.45) is -3.61. The van der Waals surface area contributed by atoms with Crippen LogP contribution in [0.1, 0.15) is 35.4 Å². The van der Waals surface area contributed by atoms with Crippen LogP contribution in [0.25, 0.3) is 0 Å². The zero-order valence-electron chi connectivity index (χ0n) is 15.5. The van der Waals surface area contributed by atoms with E-state index in [1.54, 1.807) is 0 Å². The van der Waals surface area contributed by atoms with Crippen LogP contribution in [0.15, 0.2) is 47.4 Å². The topological polar surface area (TPSA) is 67.4 Å². The van der Waals surface area contributed by atoms with Gasteiger partial charge in [0.05, 0.1) is 16.6 Å². The summed E-state index contributed by atoms with van der Waals surface area (Å²) in [6.45, 7) is 0.951. The van der Waals surface area contributed by atoms with Crippen molar-refractivity contribution in [3.63, 3.8) is 0 Å². The van der Waals surface area contributed by atoms with Crippen LogP contribution >= 0.6 is 0 Å². The first-order chi connectivity index (χ1) is 13.8. The first-order valence-electron chi connectivity index (χ1n) is 9.41. The number of para-hydroxylation sites is 1. The maximum absolute atomic E-state index is 13.8. The number of sulfonamides is 1. The van der Waals surface area contributed by atoms with Crippen LogP contribution in [0.2, 0.25) is 0 Å². The molecule has 4 rings (SSSR count). The summed E-state index contributed by atoms with van der Waals surface area (Å²) < 4.78 is 74.1. The van der Waals surface area contributed by atoms with E-state index >= 15 is 0 Å². The maximum Gasteiger partial charge on any atom is 0.417 e. The van der Waals surface area contributed by atoms with E-state index in [4.69, 9.17) is 4.74 Å². The zero-order chi connectivity index (χ0) is 20.6. The lowest BCUT2D eigenvalue weighted by Gasteiger charge is -2.18. The van der Waals surface area contributed by atoms with Gasteiger partial charge < -0.3 is 10.1 Å². The van der Waals surface area contributed by atoms with Crippen molar-refractivity contribution in [2.24, 2.45) is 0 Å². The molecule has 2 aliphatic heterocycles. The number of hydrogen-bond donors (Lipinski definition) is 2. The minimum atomic E-state index is -4.80. The van der Waals surface area contributed by atoms with Gasteiger partial charge in [-0.1, -0.05) is 24.3 Å². The molecular formula is C20H21F3N2O3S. The van der Waals surface area contributed by atoms with Crippen LogP contribution in [0.3, 0.4) is 0 Å². The van der Waals surface area contributed by atoms with Crippen molar-refractivity contribution in [1.82, 2.24) is 4.72 Å². The van der Waals surface area contributed by atoms with Gasteiger partial charge in [-0.2, -0.15) is 13.2 Å². The van der Waals surface area contributed by atoms with Gasteiger partial charge in [0.2, 0.25) is 10.0 Å². The molecule has 0 bridgehead atoms. The Labute approximate surface area is 167 Å². The second-order valence-electron chi connectivity index (χ2n) is 7.26. The lowest BCUT2D eigenvalue weighted by atomic mass is 9.92. The first-order valence-corrected chi connectivity index (χ1v) is 10.9. The molecule has 2 aliphatic rings. The smallest absolute Gasteiger partial charge is 0.384 e. The van der Waals surface area contributed by atoms with Gasteiger partial charge in [-0.3, -0.25) is 0 Å². The molecular weight excluding hydrogens is 405 g/mol. The summed E-state index contributed by atoms with van der Waals surface area (Å²) in [5, 5.41) is 3.18. The SMILES string of the molecule is O=S(=O)(NCC1CCCO1)c1ccc(C2CNc3ccccc32)cc1C(F)(F)F. The van der Waals surface area contributed by atoms with Gasteiger partial charge in [0.1, 0.15) is 0 Å². The van der Waals surface area contributed by atoms with E-state index in [0.717, 1.165) is 29.8 Å². The average molecular weight is 426 g/mol. The fourth-order valence-electron chi connectivity index (χ4n) is 3.89. The molecule has 5 nitrogen and oxygen atoms in total. The molecule has 2 N–H and O–H groups in total. The van der Waals surface area contributed by atoms with Gasteiger partial charge in [-0.05, 0) is 42.2 Å². The molecule has 156 valence electrons. The van der Waals surface area contributed by atoms with Crippen LogP contribution < -0.4 is 10.0 Å². The van der Waals surface area contributed by atoms with E-state index in [0.29, 0.717) is 25.1 Å². The summed E-state index contributed by atoms with van der Waals surface area (Å²) in [5.41, 5.74) is 1.04. The number of fused-ring (bicyclic) bond motifs is 1. The van der Waals surface area contributed by atoms with E-state index in [9.17, 15) is 21.6 Å². The highest BCUT2D eigenvalue weighted by Gasteiger charge is 2.38. The van der Waals surface area contributed by atoms with E-state index < -0.39 is 26.7 Å². The Hall–Kier alpha value is -2.10. The molecule has 1 saturated heterocycles. The Balaban J connectivity index is 1.67. The number of alkyl halides is 3. The van der Waals surface area contributed by atoms with Crippen LogP contribution in [-0.4, -0.2) is 34.2 Å². The minimum absolute atomic E-state index is 0.0404. The minimum Gasteiger partial charge on any atom is -0.384 e. The lowest BCUT2D eigenvalue weighted by molar-refractivity contribution is -0.139. The number of anilines is 1. The van der Waals surface area contributed by atoms with Crippen LogP contribution in [-0.2, 0) is 20.9 Å². The van der Waals surface area contributed by atoms with Crippen molar-refractivity contribution in [3.8, 4) is 0 Å². The van der Waals surface area contributed by atoms with Crippen molar-refractivity contribution in [1.29, 1.82) is 0 Å². The van der Waals surface area contributed by atoms with Gasteiger partial charge in [0, 0.05) is 31.3 Å². The quantitative estimate of drug-likeness (QED) is 0.765. The highest BCUT2D eigenvalue weighted by Crippen LogP contribution is 2.40. The summed E-state index contributed by atoms with van der Waals surface area (Å²) in [7, 11) is -4.33. The number of halogens is 3. The maximum atomic E-state index is 13.8. The molecule has 29 heavy (non-hydrogen) atoms. The molecule has 2 heterocycles. The molecule has 2 unspecified atom stereocenters. The van der Waals surface area contributed by atoms with Crippen molar-refractivity contribution >= 4 is 15.7 Å². The predicted octanol–water partition coefficient (Wildman–Crippen LogP) is 3.72. The number of nitrogens with one attached hydrogen (secondary N) is 2. The Morgan fingerprint density at radius 3 is 2.69 bits per heavy atom. The van der Waals surface area contributed by atoms with E-state index in [-0.39, 0.29) is 18.6 Å². The summed E-state index contributed by atoms with van der Waals surface area (Å²) in [4.78, 5) is -0.758. The average Bonchev–Trinajstić information content (AvgIpc) is 3.35. The summed E-state index contributed by atoms with van der Waals surface area (Å²) in [5.74, 6) is -0.274. The molecule has 2 aromatic carbocycles. The van der Waals surface area contributed by atoms with Crippen LogP contribution in [0.4, 0.5) is 18.9 Å². The van der Waals surface area contributed by atoms with E-state index in [2.05, 4.69) is 10.0 Å². The molecule has 9 heteroatoms. The van der Waals surface area contributed by atoms with Gasteiger partial charge in [-0.15, -0.1) is 0 Å². The fourth-order valence-corrected chi connectivity index (χ4v) is 5.16. The van der Waals surface area contributed by atoms with E-state index in [1.807, 2.05) is 24.3 Å². The standard InChI is InChI=1S/C20H21F3N2O3S/c21-20(22,23)17-10-13(16-12-24-18-6-2-1-5-15(16)18)7-8-19(17)29(26,27)25-11-14-4-3-9-28-14/h1-2,5-8,10,14,16,24-25H,3-4,9,11-12H2. The summed E-state index contributed by atoms with van der Waals surface area (Å²) >= 11 is 0. The third-order valence-corrected chi connectivity index (χ3v) is 6.84. The molecule has 2 aromatic rings. The third-order valence-electron chi connectivity index (χ3n) is 5.36. The second-order valence-corrected chi connectivity index (χ2v) is 9.00. The number of rotatable bonds is 5. The van der Waals surface area contributed by atoms with Crippen molar-refractivity contribution in [2.75, 3.05) is 25.0 Å². The van der Waals surface area contributed by atoms with Gasteiger partial charge in [0.15, 0.2) is 0 Å². The fraction of sp³-hybridized carbons (Fsp3) is 0.400. The third kappa shape index (κ3) is 4.12. The van der Waals surface area contributed by atoms with Gasteiger partial charge in [-0.25, -0.2) is 13.1 Å². The monoisotopic (exact) mass is 426 g/mol. The molecule has 2 atom stereocenters. The van der Waals surface area contributed by atoms with Crippen molar-refractivity contribution in [2.45, 2.75) is 35.9 Å². The highest BCUT2D eigenvalue weighted by atomic mass is 32.2. The first kappa shape index (κ1) is 20.2. The van der Waals surface area contributed by atoms with Gasteiger partial charge >= 0.3 is 6.18 Å². The second kappa shape index (κ2) is 7.62. The van der Waals surface area contributed by atoms with Crippen LogP contribution in [0, 0.1) is 0 Å². The molecule has 0 aliphatic carbocycles.